The molecule has 8 heteroatoms. The quantitative estimate of drug-likeness (QED) is 0.381. The predicted molar refractivity (Wildman–Crippen MR) is 132 cm³/mol. The first-order valence-corrected chi connectivity index (χ1v) is 13.0. The molecule has 0 amide bonds. The summed E-state index contributed by atoms with van der Waals surface area (Å²) < 4.78 is 47.7. The molecule has 1 aliphatic heterocycles. The fourth-order valence-electron chi connectivity index (χ4n) is 4.20. The second-order valence-corrected chi connectivity index (χ2v) is 10.5. The minimum atomic E-state index is -3.98. The Morgan fingerprint density at radius 2 is 1.54 bits per heavy atom. The van der Waals surface area contributed by atoms with Crippen LogP contribution in [0.15, 0.2) is 93.2 Å². The third-order valence-electron chi connectivity index (χ3n) is 6.18. The van der Waals surface area contributed by atoms with Gasteiger partial charge in [0.2, 0.25) is 26.6 Å². The lowest BCUT2D eigenvalue weighted by Gasteiger charge is -2.34. The van der Waals surface area contributed by atoms with E-state index in [1.165, 1.54) is 17.7 Å². The Balaban J connectivity index is 1.48. The molecule has 1 saturated heterocycles. The Bertz CT molecular complexity index is 1410. The molecule has 0 bridgehead atoms. The van der Waals surface area contributed by atoms with Gasteiger partial charge in [0.05, 0.1) is 10.5 Å². The van der Waals surface area contributed by atoms with Crippen molar-refractivity contribution in [1.29, 1.82) is 0 Å². The summed E-state index contributed by atoms with van der Waals surface area (Å²) in [4.78, 5) is 8.65. The van der Waals surface area contributed by atoms with Gasteiger partial charge >= 0.3 is 0 Å². The summed E-state index contributed by atoms with van der Waals surface area (Å²) in [7, 11) is -3.98. The number of hydrogen-bond donors (Lipinski definition) is 0. The van der Waals surface area contributed by atoms with Gasteiger partial charge < -0.3 is 9.32 Å². The first-order chi connectivity index (χ1) is 16.9. The van der Waals surface area contributed by atoms with Crippen LogP contribution in [0.5, 0.6) is 0 Å². The number of piperazine rings is 1. The molecule has 0 atom stereocenters. The lowest BCUT2D eigenvalue weighted by atomic mass is 10.2. The molecule has 5 rings (SSSR count). The summed E-state index contributed by atoms with van der Waals surface area (Å²) in [6.07, 6.45) is 0. The van der Waals surface area contributed by atoms with E-state index in [9.17, 15) is 12.8 Å². The highest BCUT2D eigenvalue weighted by Crippen LogP contribution is 2.36. The highest BCUT2D eigenvalue weighted by Gasteiger charge is 2.33. The number of oxazole rings is 1. The first kappa shape index (κ1) is 23.3. The number of anilines is 1. The highest BCUT2D eigenvalue weighted by atomic mass is 32.2. The summed E-state index contributed by atoms with van der Waals surface area (Å²) >= 11 is 0. The fourth-order valence-corrected chi connectivity index (χ4v) is 5.52. The van der Waals surface area contributed by atoms with Gasteiger partial charge in [0.1, 0.15) is 5.82 Å². The molecular weight excluding hydrogens is 465 g/mol. The molecule has 0 aliphatic carbocycles. The van der Waals surface area contributed by atoms with Crippen LogP contribution in [0.25, 0.3) is 11.5 Å². The van der Waals surface area contributed by atoms with Gasteiger partial charge in [0, 0.05) is 32.7 Å². The van der Waals surface area contributed by atoms with Crippen molar-refractivity contribution in [3.8, 4) is 11.5 Å². The number of aromatic nitrogens is 1. The van der Waals surface area contributed by atoms with Gasteiger partial charge in [-0.2, -0.15) is 4.98 Å². The maximum absolute atomic E-state index is 14.5. The van der Waals surface area contributed by atoms with Crippen LogP contribution < -0.4 is 4.90 Å². The summed E-state index contributed by atoms with van der Waals surface area (Å²) in [6.45, 7) is 5.30. The largest absolute Gasteiger partial charge is 0.419 e. The molecule has 0 N–H and O–H groups in total. The van der Waals surface area contributed by atoms with E-state index in [-0.39, 0.29) is 27.3 Å². The second kappa shape index (κ2) is 9.64. The zero-order valence-corrected chi connectivity index (χ0v) is 20.2. The monoisotopic (exact) mass is 491 g/mol. The van der Waals surface area contributed by atoms with Crippen molar-refractivity contribution in [3.63, 3.8) is 0 Å². The van der Waals surface area contributed by atoms with Gasteiger partial charge in [-0.3, -0.25) is 4.90 Å². The average molecular weight is 492 g/mol. The zero-order chi connectivity index (χ0) is 24.4. The minimum absolute atomic E-state index is 0.0458. The van der Waals surface area contributed by atoms with E-state index in [4.69, 9.17) is 4.42 Å². The van der Waals surface area contributed by atoms with E-state index >= 15 is 0 Å². The van der Waals surface area contributed by atoms with Crippen molar-refractivity contribution in [3.05, 3.63) is 95.8 Å². The van der Waals surface area contributed by atoms with Crippen molar-refractivity contribution >= 4 is 15.7 Å². The number of rotatable bonds is 6. The minimum Gasteiger partial charge on any atom is -0.419 e. The molecule has 35 heavy (non-hydrogen) atoms. The van der Waals surface area contributed by atoms with E-state index in [2.05, 4.69) is 22.0 Å². The highest BCUT2D eigenvalue weighted by molar-refractivity contribution is 7.91. The van der Waals surface area contributed by atoms with E-state index < -0.39 is 15.7 Å². The average Bonchev–Trinajstić information content (AvgIpc) is 3.32. The third-order valence-corrected chi connectivity index (χ3v) is 7.85. The van der Waals surface area contributed by atoms with Crippen LogP contribution in [0, 0.1) is 12.7 Å². The number of halogens is 1. The number of aryl methyl sites for hydroxylation is 1. The van der Waals surface area contributed by atoms with Crippen LogP contribution in [0.2, 0.25) is 0 Å². The number of benzene rings is 3. The second-order valence-electron chi connectivity index (χ2n) is 8.67. The maximum Gasteiger partial charge on any atom is 0.236 e. The summed E-state index contributed by atoms with van der Waals surface area (Å²) in [6, 6.07) is 22.9. The zero-order valence-electron chi connectivity index (χ0n) is 19.4. The van der Waals surface area contributed by atoms with Crippen molar-refractivity contribution < 1.29 is 17.2 Å². The van der Waals surface area contributed by atoms with Gasteiger partial charge in [0.25, 0.3) is 0 Å². The Kier molecular flexibility index (Phi) is 6.40. The van der Waals surface area contributed by atoms with Crippen LogP contribution in [0.1, 0.15) is 11.1 Å². The number of nitrogens with zero attached hydrogens (tertiary/aromatic N) is 3. The van der Waals surface area contributed by atoms with Crippen molar-refractivity contribution in [1.82, 2.24) is 9.88 Å². The third kappa shape index (κ3) is 4.85. The lowest BCUT2D eigenvalue weighted by Crippen LogP contribution is -2.46. The standard InChI is InChI=1S/C27H26FN3O3S/c1-20-11-13-22(14-12-20)35(32,33)26-27(34-25(29-26)23-9-5-6-10-24(23)28)31-17-15-30(16-18-31)19-21-7-3-2-4-8-21/h2-14H,15-19H2,1H3. The molecule has 6 nitrogen and oxygen atoms in total. The molecule has 1 aliphatic rings. The SMILES string of the molecule is Cc1ccc(S(=O)(=O)c2nc(-c3ccccc3F)oc2N2CCN(Cc3ccccc3)CC2)cc1. The molecular formula is C27H26FN3O3S. The molecule has 0 unspecified atom stereocenters. The van der Waals surface area contributed by atoms with Crippen LogP contribution in [0.4, 0.5) is 10.3 Å². The summed E-state index contributed by atoms with van der Waals surface area (Å²) in [5.41, 5.74) is 2.30. The summed E-state index contributed by atoms with van der Waals surface area (Å²) in [5.74, 6) is -0.411. The molecule has 0 saturated carbocycles. The van der Waals surface area contributed by atoms with Gasteiger partial charge in [-0.25, -0.2) is 12.8 Å². The topological polar surface area (TPSA) is 66.7 Å². The Labute approximate surface area is 204 Å². The van der Waals surface area contributed by atoms with Crippen LogP contribution >= 0.6 is 0 Å². The molecule has 0 spiro atoms. The van der Waals surface area contributed by atoms with Crippen molar-refractivity contribution in [2.45, 2.75) is 23.4 Å². The normalized spacial score (nSPS) is 14.9. The molecule has 1 fully saturated rings. The van der Waals surface area contributed by atoms with E-state index in [1.807, 2.05) is 30.0 Å². The summed E-state index contributed by atoms with van der Waals surface area (Å²) in [5, 5.41) is -0.184. The Morgan fingerprint density at radius 1 is 0.886 bits per heavy atom. The maximum atomic E-state index is 14.5. The smallest absolute Gasteiger partial charge is 0.236 e. The first-order valence-electron chi connectivity index (χ1n) is 11.5. The molecule has 4 aromatic rings. The van der Waals surface area contributed by atoms with E-state index in [1.54, 1.807) is 36.4 Å². The molecule has 180 valence electrons. The van der Waals surface area contributed by atoms with Crippen molar-refractivity contribution in [2.75, 3.05) is 31.1 Å². The molecule has 2 heterocycles. The Morgan fingerprint density at radius 3 is 2.23 bits per heavy atom. The fraction of sp³-hybridized carbons (Fsp3) is 0.222. The van der Waals surface area contributed by atoms with Crippen LogP contribution in [-0.2, 0) is 16.4 Å². The lowest BCUT2D eigenvalue weighted by molar-refractivity contribution is 0.245. The van der Waals surface area contributed by atoms with Gasteiger partial charge in [-0.05, 0) is 36.8 Å². The van der Waals surface area contributed by atoms with E-state index in [0.717, 1.165) is 25.2 Å². The van der Waals surface area contributed by atoms with Crippen molar-refractivity contribution in [2.24, 2.45) is 0 Å². The molecule has 0 radical (unpaired) electrons. The van der Waals surface area contributed by atoms with Crippen LogP contribution in [-0.4, -0.2) is 44.5 Å². The number of sulfone groups is 1. The van der Waals surface area contributed by atoms with Gasteiger partial charge in [-0.15, -0.1) is 0 Å². The van der Waals surface area contributed by atoms with E-state index in [0.29, 0.717) is 13.1 Å². The van der Waals surface area contributed by atoms with Gasteiger partial charge in [0.15, 0.2) is 0 Å². The Hall–Kier alpha value is -3.49. The predicted octanol–water partition coefficient (Wildman–Crippen LogP) is 4.94. The molecule has 1 aromatic heterocycles. The van der Waals surface area contributed by atoms with Gasteiger partial charge in [-0.1, -0.05) is 60.2 Å². The molecule has 3 aromatic carbocycles. The number of hydrogen-bond acceptors (Lipinski definition) is 6. The van der Waals surface area contributed by atoms with Crippen LogP contribution in [0.3, 0.4) is 0 Å².